The lowest BCUT2D eigenvalue weighted by Gasteiger charge is -2.54. The van der Waals surface area contributed by atoms with Crippen LogP contribution in [0.5, 0.6) is 0 Å². The molecule has 1 aliphatic rings. The van der Waals surface area contributed by atoms with Crippen molar-refractivity contribution in [2.24, 2.45) is 5.41 Å². The second kappa shape index (κ2) is 4.88. The zero-order valence-electron chi connectivity index (χ0n) is 11.9. The number of thiophene rings is 1. The summed E-state index contributed by atoms with van der Waals surface area (Å²) in [6, 6.07) is 5.12. The fraction of sp³-hybridized carbons (Fsp3) is 0.562. The van der Waals surface area contributed by atoms with Crippen LogP contribution in [-0.4, -0.2) is 17.6 Å². The minimum atomic E-state index is 0.378. The zero-order valence-corrected chi connectivity index (χ0v) is 12.8. The first-order valence-corrected chi connectivity index (χ1v) is 8.13. The van der Waals surface area contributed by atoms with Crippen LogP contribution in [0.4, 0.5) is 0 Å². The molecule has 3 rings (SSSR count). The van der Waals surface area contributed by atoms with E-state index < -0.39 is 0 Å². The average Bonchev–Trinajstić information content (AvgIpc) is 2.89. The Balaban J connectivity index is 1.89. The standard InChI is InChI=1S/C16H22N2S/c1-4-16(3)12(9-15(16)17-5-2)11-8-14-13(18-10-11)6-7-19-14/h6-8,10,12,15,17H,4-5,9H2,1-3H3. The van der Waals surface area contributed by atoms with E-state index in [-0.39, 0.29) is 0 Å². The number of hydrogen-bond donors (Lipinski definition) is 1. The second-order valence-corrected chi connectivity index (χ2v) is 6.78. The van der Waals surface area contributed by atoms with E-state index in [1.54, 1.807) is 11.3 Å². The third-order valence-corrected chi connectivity index (χ3v) is 5.86. The minimum Gasteiger partial charge on any atom is -0.314 e. The lowest BCUT2D eigenvalue weighted by Crippen LogP contribution is -2.56. The molecule has 2 heterocycles. The van der Waals surface area contributed by atoms with E-state index >= 15 is 0 Å². The molecule has 2 aromatic rings. The fourth-order valence-electron chi connectivity index (χ4n) is 3.48. The summed E-state index contributed by atoms with van der Waals surface area (Å²) in [5.41, 5.74) is 2.94. The van der Waals surface area contributed by atoms with Gasteiger partial charge in [-0.1, -0.05) is 20.8 Å². The van der Waals surface area contributed by atoms with Crippen molar-refractivity contribution >= 4 is 21.6 Å². The van der Waals surface area contributed by atoms with Crippen LogP contribution in [0.25, 0.3) is 10.2 Å². The van der Waals surface area contributed by atoms with Gasteiger partial charge in [-0.2, -0.15) is 0 Å². The molecule has 0 bridgehead atoms. The Bertz CT molecular complexity index is 577. The smallest absolute Gasteiger partial charge is 0.0809 e. The molecular weight excluding hydrogens is 252 g/mol. The Morgan fingerprint density at radius 2 is 2.32 bits per heavy atom. The van der Waals surface area contributed by atoms with Crippen molar-refractivity contribution in [3.05, 3.63) is 29.3 Å². The molecule has 1 aliphatic carbocycles. The number of fused-ring (bicyclic) bond motifs is 1. The molecule has 2 aromatic heterocycles. The highest BCUT2D eigenvalue weighted by Gasteiger charge is 2.50. The molecule has 0 aliphatic heterocycles. The Morgan fingerprint density at radius 1 is 1.47 bits per heavy atom. The SMILES string of the molecule is CCNC1CC(c2cnc3ccsc3c2)C1(C)CC. The van der Waals surface area contributed by atoms with Gasteiger partial charge < -0.3 is 5.32 Å². The molecular formula is C16H22N2S. The van der Waals surface area contributed by atoms with E-state index in [2.05, 4.69) is 54.8 Å². The van der Waals surface area contributed by atoms with Crippen LogP contribution in [0.1, 0.15) is 45.1 Å². The monoisotopic (exact) mass is 274 g/mol. The minimum absolute atomic E-state index is 0.378. The Hall–Kier alpha value is -0.930. The van der Waals surface area contributed by atoms with Crippen LogP contribution in [0.3, 0.4) is 0 Å². The maximum atomic E-state index is 4.60. The van der Waals surface area contributed by atoms with Gasteiger partial charge in [-0.3, -0.25) is 4.98 Å². The molecule has 1 fully saturated rings. The van der Waals surface area contributed by atoms with E-state index in [9.17, 15) is 0 Å². The molecule has 3 atom stereocenters. The van der Waals surface area contributed by atoms with Gasteiger partial charge in [-0.25, -0.2) is 0 Å². The number of aromatic nitrogens is 1. The summed E-state index contributed by atoms with van der Waals surface area (Å²) in [6.45, 7) is 8.00. The van der Waals surface area contributed by atoms with Gasteiger partial charge in [-0.05, 0) is 53.8 Å². The van der Waals surface area contributed by atoms with Crippen molar-refractivity contribution in [1.29, 1.82) is 0 Å². The highest BCUT2D eigenvalue weighted by atomic mass is 32.1. The highest BCUT2D eigenvalue weighted by molar-refractivity contribution is 7.17. The van der Waals surface area contributed by atoms with Crippen LogP contribution in [0.2, 0.25) is 0 Å². The number of hydrogen-bond acceptors (Lipinski definition) is 3. The summed E-state index contributed by atoms with van der Waals surface area (Å²) in [5, 5.41) is 5.77. The van der Waals surface area contributed by atoms with Crippen molar-refractivity contribution in [2.75, 3.05) is 6.54 Å². The largest absolute Gasteiger partial charge is 0.314 e. The third-order valence-electron chi connectivity index (χ3n) is 5.00. The van der Waals surface area contributed by atoms with Crippen LogP contribution in [0, 0.1) is 5.41 Å². The van der Waals surface area contributed by atoms with E-state index in [0.29, 0.717) is 17.4 Å². The number of nitrogens with one attached hydrogen (secondary N) is 1. The van der Waals surface area contributed by atoms with Gasteiger partial charge in [0.05, 0.1) is 10.2 Å². The first kappa shape index (κ1) is 13.1. The van der Waals surface area contributed by atoms with E-state index in [4.69, 9.17) is 0 Å². The summed E-state index contributed by atoms with van der Waals surface area (Å²) in [7, 11) is 0. The van der Waals surface area contributed by atoms with Crippen molar-refractivity contribution in [3.8, 4) is 0 Å². The molecule has 0 spiro atoms. The normalized spacial score (nSPS) is 30.5. The molecule has 19 heavy (non-hydrogen) atoms. The quantitative estimate of drug-likeness (QED) is 0.904. The Morgan fingerprint density at radius 3 is 3.05 bits per heavy atom. The molecule has 3 heteroatoms. The summed E-state index contributed by atoms with van der Waals surface area (Å²) in [5.74, 6) is 0.653. The van der Waals surface area contributed by atoms with Crippen molar-refractivity contribution in [2.45, 2.75) is 45.6 Å². The number of nitrogens with zero attached hydrogens (tertiary/aromatic N) is 1. The average molecular weight is 274 g/mol. The van der Waals surface area contributed by atoms with E-state index in [1.165, 1.54) is 23.1 Å². The molecule has 0 saturated heterocycles. The molecule has 0 amide bonds. The Kier molecular flexibility index (Phi) is 3.35. The molecule has 0 radical (unpaired) electrons. The first-order valence-electron chi connectivity index (χ1n) is 7.25. The summed E-state index contributed by atoms with van der Waals surface area (Å²) in [4.78, 5) is 4.60. The van der Waals surface area contributed by atoms with Crippen molar-refractivity contribution < 1.29 is 0 Å². The van der Waals surface area contributed by atoms with Gasteiger partial charge in [-0.15, -0.1) is 11.3 Å². The number of pyridine rings is 1. The van der Waals surface area contributed by atoms with Gasteiger partial charge in [0.2, 0.25) is 0 Å². The molecule has 1 N–H and O–H groups in total. The first-order chi connectivity index (χ1) is 9.19. The van der Waals surface area contributed by atoms with E-state index in [1.807, 2.05) is 0 Å². The van der Waals surface area contributed by atoms with Gasteiger partial charge in [0.25, 0.3) is 0 Å². The van der Waals surface area contributed by atoms with Crippen LogP contribution in [0.15, 0.2) is 23.7 Å². The lowest BCUT2D eigenvalue weighted by molar-refractivity contribution is 0.0454. The molecule has 102 valence electrons. The topological polar surface area (TPSA) is 24.9 Å². The Labute approximate surface area is 119 Å². The molecule has 0 aromatic carbocycles. The van der Waals surface area contributed by atoms with Crippen LogP contribution in [-0.2, 0) is 0 Å². The molecule has 3 unspecified atom stereocenters. The van der Waals surface area contributed by atoms with E-state index in [0.717, 1.165) is 12.1 Å². The summed E-state index contributed by atoms with van der Waals surface area (Å²) < 4.78 is 1.32. The summed E-state index contributed by atoms with van der Waals surface area (Å²) in [6.07, 6.45) is 4.56. The fourth-order valence-corrected chi connectivity index (χ4v) is 4.27. The maximum Gasteiger partial charge on any atom is 0.0809 e. The van der Waals surface area contributed by atoms with Gasteiger partial charge in [0, 0.05) is 12.2 Å². The van der Waals surface area contributed by atoms with Gasteiger partial charge in [0.15, 0.2) is 0 Å². The van der Waals surface area contributed by atoms with Crippen molar-refractivity contribution in [1.82, 2.24) is 10.3 Å². The van der Waals surface area contributed by atoms with Crippen LogP contribution < -0.4 is 5.32 Å². The van der Waals surface area contributed by atoms with Gasteiger partial charge in [0.1, 0.15) is 0 Å². The second-order valence-electron chi connectivity index (χ2n) is 5.83. The highest BCUT2D eigenvalue weighted by Crippen LogP contribution is 2.55. The molecule has 2 nitrogen and oxygen atoms in total. The zero-order chi connectivity index (χ0) is 13.5. The van der Waals surface area contributed by atoms with Crippen molar-refractivity contribution in [3.63, 3.8) is 0 Å². The molecule has 1 saturated carbocycles. The van der Waals surface area contributed by atoms with Gasteiger partial charge >= 0.3 is 0 Å². The maximum absolute atomic E-state index is 4.60. The lowest BCUT2D eigenvalue weighted by atomic mass is 9.54. The predicted octanol–water partition coefficient (Wildman–Crippen LogP) is 4.18. The summed E-state index contributed by atoms with van der Waals surface area (Å²) >= 11 is 1.79. The van der Waals surface area contributed by atoms with Crippen LogP contribution >= 0.6 is 11.3 Å². The predicted molar refractivity (Wildman–Crippen MR) is 82.8 cm³/mol. The number of rotatable bonds is 4. The third kappa shape index (κ3) is 2.00.